The van der Waals surface area contributed by atoms with Crippen LogP contribution in [0.15, 0.2) is 40.8 Å². The fourth-order valence-electron chi connectivity index (χ4n) is 2.48. The van der Waals surface area contributed by atoms with Crippen LogP contribution in [0.4, 0.5) is 10.1 Å². The molecule has 0 aliphatic rings. The summed E-state index contributed by atoms with van der Waals surface area (Å²) >= 11 is 0. The minimum Gasteiger partial charge on any atom is -0.872 e. The van der Waals surface area contributed by atoms with Gasteiger partial charge in [0.05, 0.1) is 4.92 Å². The van der Waals surface area contributed by atoms with Crippen molar-refractivity contribution in [2.24, 2.45) is 0 Å². The van der Waals surface area contributed by atoms with Crippen molar-refractivity contribution >= 4 is 22.6 Å². The number of amides is 1. The SMILES string of the molecule is Cc1c(C(=O)NCc2cc([N+](=O)[O-])ccc2[O-])oc2ccc(F)cc12. The molecule has 25 heavy (non-hydrogen) atoms. The van der Waals surface area contributed by atoms with Crippen LogP contribution in [-0.2, 0) is 6.54 Å². The van der Waals surface area contributed by atoms with Gasteiger partial charge in [-0.25, -0.2) is 4.39 Å². The molecular formula is C17H12FN2O5-. The van der Waals surface area contributed by atoms with Crippen LogP contribution in [0, 0.1) is 22.9 Å². The predicted molar refractivity (Wildman–Crippen MR) is 84.6 cm³/mol. The largest absolute Gasteiger partial charge is 0.872 e. The summed E-state index contributed by atoms with van der Waals surface area (Å²) in [5.74, 6) is -1.47. The first-order chi connectivity index (χ1) is 11.9. The maximum absolute atomic E-state index is 13.3. The molecule has 0 radical (unpaired) electrons. The zero-order valence-electron chi connectivity index (χ0n) is 13.0. The van der Waals surface area contributed by atoms with Gasteiger partial charge in [-0.1, -0.05) is 6.07 Å². The molecule has 0 aliphatic carbocycles. The van der Waals surface area contributed by atoms with Crippen LogP contribution in [0.5, 0.6) is 5.75 Å². The van der Waals surface area contributed by atoms with Gasteiger partial charge in [-0.15, -0.1) is 5.75 Å². The Hall–Kier alpha value is -3.42. The molecule has 0 fully saturated rings. The minimum atomic E-state index is -0.622. The lowest BCUT2D eigenvalue weighted by molar-refractivity contribution is -0.385. The van der Waals surface area contributed by atoms with Gasteiger partial charge in [0.15, 0.2) is 5.76 Å². The number of nitrogens with zero attached hydrogens (tertiary/aromatic N) is 1. The van der Waals surface area contributed by atoms with Gasteiger partial charge in [0.25, 0.3) is 11.6 Å². The summed E-state index contributed by atoms with van der Waals surface area (Å²) in [5.41, 5.74) is 0.680. The first-order valence-electron chi connectivity index (χ1n) is 7.28. The third-order valence-electron chi connectivity index (χ3n) is 3.80. The van der Waals surface area contributed by atoms with E-state index in [9.17, 15) is 24.4 Å². The molecule has 8 heteroatoms. The van der Waals surface area contributed by atoms with Crippen LogP contribution in [0.25, 0.3) is 11.0 Å². The maximum atomic E-state index is 13.3. The molecule has 7 nitrogen and oxygen atoms in total. The molecule has 1 aromatic heterocycles. The van der Waals surface area contributed by atoms with Crippen LogP contribution < -0.4 is 10.4 Å². The van der Waals surface area contributed by atoms with Gasteiger partial charge >= 0.3 is 0 Å². The Labute approximate surface area is 140 Å². The van der Waals surface area contributed by atoms with Crippen molar-refractivity contribution in [3.8, 4) is 5.75 Å². The summed E-state index contributed by atoms with van der Waals surface area (Å²) in [6.07, 6.45) is 0. The zero-order valence-corrected chi connectivity index (χ0v) is 13.0. The van der Waals surface area contributed by atoms with E-state index in [4.69, 9.17) is 4.42 Å². The molecule has 0 unspecified atom stereocenters. The van der Waals surface area contributed by atoms with Crippen LogP contribution in [0.2, 0.25) is 0 Å². The van der Waals surface area contributed by atoms with Gasteiger partial charge in [-0.2, -0.15) is 0 Å². The van der Waals surface area contributed by atoms with Gasteiger partial charge in [-0.05, 0) is 30.7 Å². The lowest BCUT2D eigenvalue weighted by Crippen LogP contribution is -2.23. The summed E-state index contributed by atoms with van der Waals surface area (Å²) < 4.78 is 18.7. The highest BCUT2D eigenvalue weighted by molar-refractivity contribution is 5.98. The molecule has 1 amide bonds. The highest BCUT2D eigenvalue weighted by atomic mass is 19.1. The number of aryl methyl sites for hydroxylation is 1. The average molecular weight is 343 g/mol. The molecular weight excluding hydrogens is 331 g/mol. The number of fused-ring (bicyclic) bond motifs is 1. The third kappa shape index (κ3) is 3.14. The number of halogens is 1. The summed E-state index contributed by atoms with van der Waals surface area (Å²) in [6.45, 7) is 1.43. The highest BCUT2D eigenvalue weighted by Crippen LogP contribution is 2.26. The van der Waals surface area contributed by atoms with Crippen molar-refractivity contribution in [3.63, 3.8) is 0 Å². The Morgan fingerprint density at radius 1 is 1.28 bits per heavy atom. The third-order valence-corrected chi connectivity index (χ3v) is 3.80. The Morgan fingerprint density at radius 2 is 2.04 bits per heavy atom. The van der Waals surface area contributed by atoms with Crippen LogP contribution >= 0.6 is 0 Å². The number of benzene rings is 2. The number of rotatable bonds is 4. The fourth-order valence-corrected chi connectivity index (χ4v) is 2.48. The Kier molecular flexibility index (Phi) is 4.10. The average Bonchev–Trinajstić information content (AvgIpc) is 2.90. The van der Waals surface area contributed by atoms with E-state index in [0.717, 1.165) is 18.2 Å². The quantitative estimate of drug-likeness (QED) is 0.579. The van der Waals surface area contributed by atoms with Gasteiger partial charge in [0.2, 0.25) is 0 Å². The molecule has 1 heterocycles. The van der Waals surface area contributed by atoms with E-state index in [1.807, 2.05) is 0 Å². The topological polar surface area (TPSA) is 108 Å². The molecule has 1 N–H and O–H groups in total. The smallest absolute Gasteiger partial charge is 0.287 e. The Bertz CT molecular complexity index is 996. The van der Waals surface area contributed by atoms with Crippen molar-refractivity contribution < 1.29 is 23.6 Å². The van der Waals surface area contributed by atoms with Crippen LogP contribution in [-0.4, -0.2) is 10.8 Å². The lowest BCUT2D eigenvalue weighted by Gasteiger charge is -2.13. The number of nitro groups is 1. The van der Waals surface area contributed by atoms with E-state index in [1.165, 1.54) is 18.2 Å². The van der Waals surface area contributed by atoms with E-state index in [2.05, 4.69) is 5.32 Å². The van der Waals surface area contributed by atoms with Crippen molar-refractivity contribution in [2.45, 2.75) is 13.5 Å². The summed E-state index contributed by atoms with van der Waals surface area (Å²) in [4.78, 5) is 22.4. The second kappa shape index (κ2) is 6.23. The van der Waals surface area contributed by atoms with Gasteiger partial charge < -0.3 is 14.8 Å². The number of non-ortho nitro benzene ring substituents is 1. The van der Waals surface area contributed by atoms with Gasteiger partial charge in [0.1, 0.15) is 11.4 Å². The number of nitro benzene ring substituents is 1. The molecule has 0 bridgehead atoms. The standard InChI is InChI=1S/C17H13FN2O5/c1-9-13-7-11(18)2-5-15(13)25-16(9)17(22)19-8-10-6-12(20(23)24)3-4-14(10)21/h2-7,21H,8H2,1H3,(H,19,22)/p-1. The number of carbonyl (C=O) groups excluding carboxylic acids is 1. The summed E-state index contributed by atoms with van der Waals surface area (Å²) in [5, 5.41) is 25.5. The number of hydrogen-bond acceptors (Lipinski definition) is 5. The van der Waals surface area contributed by atoms with Crippen LogP contribution in [0.3, 0.4) is 0 Å². The normalized spacial score (nSPS) is 10.8. The number of carbonyl (C=O) groups is 1. The van der Waals surface area contributed by atoms with Crippen molar-refractivity contribution in [2.75, 3.05) is 0 Å². The van der Waals surface area contributed by atoms with E-state index >= 15 is 0 Å². The molecule has 2 aromatic carbocycles. The first kappa shape index (κ1) is 16.4. The number of furan rings is 1. The minimum absolute atomic E-state index is 0.00141. The summed E-state index contributed by atoms with van der Waals surface area (Å²) in [6, 6.07) is 7.20. The molecule has 3 aromatic rings. The van der Waals surface area contributed by atoms with Gasteiger partial charge in [0, 0.05) is 29.6 Å². The summed E-state index contributed by atoms with van der Waals surface area (Å²) in [7, 11) is 0. The van der Waals surface area contributed by atoms with Gasteiger partial charge in [-0.3, -0.25) is 14.9 Å². The molecule has 0 atom stereocenters. The van der Waals surface area contributed by atoms with Crippen molar-refractivity contribution in [1.29, 1.82) is 0 Å². The molecule has 128 valence electrons. The maximum Gasteiger partial charge on any atom is 0.287 e. The van der Waals surface area contributed by atoms with Crippen molar-refractivity contribution in [1.82, 2.24) is 5.32 Å². The van der Waals surface area contributed by atoms with E-state index in [-0.39, 0.29) is 23.6 Å². The molecule has 0 saturated heterocycles. The second-order valence-corrected chi connectivity index (χ2v) is 5.43. The first-order valence-corrected chi connectivity index (χ1v) is 7.28. The van der Waals surface area contributed by atoms with Crippen LogP contribution in [0.1, 0.15) is 21.7 Å². The molecule has 0 spiro atoms. The predicted octanol–water partition coefficient (Wildman–Crippen LogP) is 2.79. The molecule has 0 saturated carbocycles. The van der Waals surface area contributed by atoms with E-state index in [1.54, 1.807) is 6.92 Å². The van der Waals surface area contributed by atoms with E-state index < -0.39 is 22.4 Å². The molecule has 3 rings (SSSR count). The Balaban J connectivity index is 1.83. The van der Waals surface area contributed by atoms with E-state index in [0.29, 0.717) is 16.5 Å². The second-order valence-electron chi connectivity index (χ2n) is 5.43. The lowest BCUT2D eigenvalue weighted by atomic mass is 10.1. The monoisotopic (exact) mass is 343 g/mol. The fraction of sp³-hybridized carbons (Fsp3) is 0.118. The zero-order chi connectivity index (χ0) is 18.1. The van der Waals surface area contributed by atoms with Crippen molar-refractivity contribution in [3.05, 3.63) is 69.2 Å². The molecule has 0 aliphatic heterocycles. The number of hydrogen-bond donors (Lipinski definition) is 1. The highest BCUT2D eigenvalue weighted by Gasteiger charge is 2.18. The Morgan fingerprint density at radius 3 is 2.76 bits per heavy atom. The number of nitrogens with one attached hydrogen (secondary N) is 1.